The van der Waals surface area contributed by atoms with E-state index >= 15 is 0 Å². The first-order valence-corrected chi connectivity index (χ1v) is 5.33. The maximum absolute atomic E-state index is 12.5. The van der Waals surface area contributed by atoms with E-state index in [4.69, 9.17) is 16.9 Å². The summed E-state index contributed by atoms with van der Waals surface area (Å²) in [4.78, 5) is 3.52. The van der Waals surface area contributed by atoms with Crippen LogP contribution in [0.3, 0.4) is 0 Å². The van der Waals surface area contributed by atoms with Crippen LogP contribution >= 0.6 is 11.6 Å². The van der Waals surface area contributed by atoms with Crippen LogP contribution in [0.25, 0.3) is 10.9 Å². The Morgan fingerprint density at radius 2 is 2.00 bits per heavy atom. The Morgan fingerprint density at radius 3 is 2.61 bits per heavy atom. The molecule has 0 saturated heterocycles. The van der Waals surface area contributed by atoms with Crippen LogP contribution in [-0.2, 0) is 12.6 Å². The number of alkyl halides is 3. The van der Waals surface area contributed by atoms with Crippen molar-refractivity contribution in [3.8, 4) is 6.07 Å². The molecule has 18 heavy (non-hydrogen) atoms. The Labute approximate surface area is 106 Å². The van der Waals surface area contributed by atoms with E-state index in [0.29, 0.717) is 10.9 Å². The number of nitrogens with zero attached hydrogens (tertiary/aromatic N) is 2. The molecule has 1 heterocycles. The largest absolute Gasteiger partial charge is 0.433 e. The van der Waals surface area contributed by atoms with Crippen molar-refractivity contribution in [3.63, 3.8) is 0 Å². The lowest BCUT2D eigenvalue weighted by Crippen LogP contribution is -2.08. The van der Waals surface area contributed by atoms with Crippen LogP contribution in [0.2, 0.25) is 5.02 Å². The second-order valence-corrected chi connectivity index (χ2v) is 4.08. The van der Waals surface area contributed by atoms with Crippen molar-refractivity contribution < 1.29 is 13.2 Å². The summed E-state index contributed by atoms with van der Waals surface area (Å²) in [6.45, 7) is 0. The lowest BCUT2D eigenvalue weighted by molar-refractivity contribution is -0.140. The predicted molar refractivity (Wildman–Crippen MR) is 61.1 cm³/mol. The van der Waals surface area contributed by atoms with Gasteiger partial charge in [0.2, 0.25) is 0 Å². The van der Waals surface area contributed by atoms with Gasteiger partial charge in [-0.2, -0.15) is 18.4 Å². The third-order valence-corrected chi connectivity index (χ3v) is 2.71. The van der Waals surface area contributed by atoms with Crippen LogP contribution in [0.15, 0.2) is 24.3 Å². The molecule has 0 aliphatic carbocycles. The third-order valence-electron chi connectivity index (χ3n) is 2.40. The summed E-state index contributed by atoms with van der Waals surface area (Å²) in [5.41, 5.74) is -0.169. The maximum Gasteiger partial charge on any atom is 0.433 e. The molecule has 2 aromatic rings. The summed E-state index contributed by atoms with van der Waals surface area (Å²) in [5, 5.41) is 8.96. The van der Waals surface area contributed by atoms with Crippen LogP contribution in [0.1, 0.15) is 11.3 Å². The first kappa shape index (κ1) is 12.7. The zero-order chi connectivity index (χ0) is 13.3. The molecule has 0 N–H and O–H groups in total. The fraction of sp³-hybridized carbons (Fsp3) is 0.167. The molecule has 0 saturated carbocycles. The summed E-state index contributed by atoms with van der Waals surface area (Å²) in [6.07, 6.45) is -4.35. The zero-order valence-corrected chi connectivity index (χ0v) is 9.68. The molecule has 0 aliphatic rings. The van der Waals surface area contributed by atoms with Crippen molar-refractivity contribution in [3.05, 3.63) is 40.5 Å². The molecule has 2 rings (SSSR count). The van der Waals surface area contributed by atoms with E-state index in [0.717, 1.165) is 6.07 Å². The molecule has 0 fully saturated rings. The normalized spacial score (nSPS) is 11.5. The number of fused-ring (bicyclic) bond motifs is 1. The van der Waals surface area contributed by atoms with E-state index in [1.54, 1.807) is 12.1 Å². The van der Waals surface area contributed by atoms with Crippen molar-refractivity contribution in [2.45, 2.75) is 12.6 Å². The standard InChI is InChI=1S/C12H6ClF3N2/c13-9-6-11(12(14,15)16)18-10-2-1-7(3-4-17)5-8(9)10/h1-2,5-6H,3H2. The molecule has 1 aromatic carbocycles. The van der Waals surface area contributed by atoms with Gasteiger partial charge < -0.3 is 0 Å². The topological polar surface area (TPSA) is 36.7 Å². The van der Waals surface area contributed by atoms with E-state index < -0.39 is 11.9 Å². The minimum atomic E-state index is -4.52. The molecule has 2 nitrogen and oxygen atoms in total. The molecule has 92 valence electrons. The number of aromatic nitrogens is 1. The van der Waals surface area contributed by atoms with Gasteiger partial charge in [-0.3, -0.25) is 0 Å². The van der Waals surface area contributed by atoms with E-state index in [-0.39, 0.29) is 17.0 Å². The number of nitriles is 1. The number of hydrogen-bond donors (Lipinski definition) is 0. The highest BCUT2D eigenvalue weighted by Crippen LogP contribution is 2.33. The van der Waals surface area contributed by atoms with Gasteiger partial charge in [-0.1, -0.05) is 17.7 Å². The predicted octanol–water partition coefficient (Wildman–Crippen LogP) is 3.97. The van der Waals surface area contributed by atoms with Crippen LogP contribution in [0, 0.1) is 11.3 Å². The Bertz CT molecular complexity index is 644. The minimum absolute atomic E-state index is 0.0212. The first-order chi connectivity index (χ1) is 8.41. The molecule has 0 atom stereocenters. The summed E-state index contributed by atoms with van der Waals surface area (Å²) in [6, 6.07) is 7.33. The van der Waals surface area contributed by atoms with Crippen molar-refractivity contribution in [1.82, 2.24) is 4.98 Å². The molecular formula is C12H6ClF3N2. The van der Waals surface area contributed by atoms with E-state index in [2.05, 4.69) is 4.98 Å². The van der Waals surface area contributed by atoms with Gasteiger partial charge in [0.05, 0.1) is 23.0 Å². The molecule has 0 bridgehead atoms. The molecule has 0 aliphatic heterocycles. The Hall–Kier alpha value is -1.80. The minimum Gasteiger partial charge on any atom is -0.243 e. The lowest BCUT2D eigenvalue weighted by atomic mass is 10.1. The van der Waals surface area contributed by atoms with Crippen LogP contribution in [0.4, 0.5) is 13.2 Å². The fourth-order valence-electron chi connectivity index (χ4n) is 1.58. The lowest BCUT2D eigenvalue weighted by Gasteiger charge is -2.09. The number of benzene rings is 1. The first-order valence-electron chi connectivity index (χ1n) is 4.95. The fourth-order valence-corrected chi connectivity index (χ4v) is 1.83. The summed E-state index contributed by atoms with van der Waals surface area (Å²) < 4.78 is 37.6. The summed E-state index contributed by atoms with van der Waals surface area (Å²) in [5.74, 6) is 0. The average molecular weight is 271 g/mol. The van der Waals surface area contributed by atoms with Gasteiger partial charge in [0.15, 0.2) is 0 Å². The Kier molecular flexibility index (Phi) is 3.14. The van der Waals surface area contributed by atoms with Crippen molar-refractivity contribution in [1.29, 1.82) is 5.26 Å². The van der Waals surface area contributed by atoms with Gasteiger partial charge in [-0.25, -0.2) is 4.98 Å². The maximum atomic E-state index is 12.5. The Balaban J connectivity index is 2.63. The Morgan fingerprint density at radius 1 is 1.28 bits per heavy atom. The molecular weight excluding hydrogens is 265 g/mol. The van der Waals surface area contributed by atoms with Gasteiger partial charge >= 0.3 is 6.18 Å². The van der Waals surface area contributed by atoms with E-state index in [1.807, 2.05) is 6.07 Å². The SMILES string of the molecule is N#CCc1ccc2nc(C(F)(F)F)cc(Cl)c2c1. The number of hydrogen-bond acceptors (Lipinski definition) is 2. The quantitative estimate of drug-likeness (QED) is 0.786. The van der Waals surface area contributed by atoms with Crippen LogP contribution in [0.5, 0.6) is 0 Å². The molecule has 1 aromatic heterocycles. The van der Waals surface area contributed by atoms with Gasteiger partial charge in [0.25, 0.3) is 0 Å². The van der Waals surface area contributed by atoms with Gasteiger partial charge in [0, 0.05) is 5.39 Å². The summed E-state index contributed by atoms with van der Waals surface area (Å²) in [7, 11) is 0. The van der Waals surface area contributed by atoms with Crippen LogP contribution in [-0.4, -0.2) is 4.98 Å². The van der Waals surface area contributed by atoms with Crippen molar-refractivity contribution >= 4 is 22.5 Å². The van der Waals surface area contributed by atoms with Crippen molar-refractivity contribution in [2.24, 2.45) is 0 Å². The second-order valence-electron chi connectivity index (χ2n) is 3.67. The molecule has 0 radical (unpaired) electrons. The van der Waals surface area contributed by atoms with E-state index in [1.165, 1.54) is 6.07 Å². The monoisotopic (exact) mass is 270 g/mol. The molecule has 0 spiro atoms. The second kappa shape index (κ2) is 4.46. The highest BCUT2D eigenvalue weighted by molar-refractivity contribution is 6.35. The van der Waals surface area contributed by atoms with Crippen LogP contribution < -0.4 is 0 Å². The third kappa shape index (κ3) is 2.39. The molecule has 0 unspecified atom stereocenters. The molecule has 6 heteroatoms. The number of rotatable bonds is 1. The van der Waals surface area contributed by atoms with Crippen molar-refractivity contribution in [2.75, 3.05) is 0 Å². The molecule has 0 amide bonds. The van der Waals surface area contributed by atoms with E-state index in [9.17, 15) is 13.2 Å². The number of halogens is 4. The van der Waals surface area contributed by atoms with Gasteiger partial charge in [0.1, 0.15) is 5.69 Å². The number of pyridine rings is 1. The smallest absolute Gasteiger partial charge is 0.243 e. The highest BCUT2D eigenvalue weighted by Gasteiger charge is 2.33. The summed E-state index contributed by atoms with van der Waals surface area (Å²) >= 11 is 5.82. The van der Waals surface area contributed by atoms with Gasteiger partial charge in [-0.15, -0.1) is 0 Å². The average Bonchev–Trinajstić information content (AvgIpc) is 2.29. The van der Waals surface area contributed by atoms with Gasteiger partial charge in [-0.05, 0) is 23.8 Å². The zero-order valence-electron chi connectivity index (χ0n) is 8.92. The highest BCUT2D eigenvalue weighted by atomic mass is 35.5.